The molecule has 0 spiro atoms. The van der Waals surface area contributed by atoms with E-state index in [0.29, 0.717) is 13.0 Å². The predicted molar refractivity (Wildman–Crippen MR) is 115 cm³/mol. The second-order valence-corrected chi connectivity index (χ2v) is 11.8. The van der Waals surface area contributed by atoms with Gasteiger partial charge < -0.3 is 16.6 Å². The van der Waals surface area contributed by atoms with E-state index in [1.165, 1.54) is 44.7 Å². The third-order valence-corrected chi connectivity index (χ3v) is 10.1. The van der Waals surface area contributed by atoms with Gasteiger partial charge in [-0.25, -0.2) is 0 Å². The third kappa shape index (κ3) is 15.8. The van der Waals surface area contributed by atoms with E-state index in [1.54, 1.807) is 18.5 Å². The van der Waals surface area contributed by atoms with Crippen molar-refractivity contribution in [1.29, 1.82) is 0 Å². The molecular formula is C20H46N2O2P. The van der Waals surface area contributed by atoms with Gasteiger partial charge >= 0.3 is 5.97 Å². The molecule has 1 radical (unpaired) electrons. The summed E-state index contributed by atoms with van der Waals surface area (Å²) < 4.78 is 0. The number of carbonyl (C=O) groups is 1. The summed E-state index contributed by atoms with van der Waals surface area (Å²) in [6.45, 7) is 10.1. The first-order chi connectivity index (χ1) is 11.9. The molecule has 0 aromatic rings. The first kappa shape index (κ1) is 27.0. The Balaban J connectivity index is 0. The van der Waals surface area contributed by atoms with E-state index in [1.807, 2.05) is 0 Å². The summed E-state index contributed by atoms with van der Waals surface area (Å²) >= 11 is 0. The van der Waals surface area contributed by atoms with E-state index in [-0.39, 0.29) is 0 Å². The highest BCUT2D eigenvalue weighted by molar-refractivity contribution is 7.75. The van der Waals surface area contributed by atoms with Crippen molar-refractivity contribution < 1.29 is 9.90 Å². The average molecular weight is 378 g/mol. The van der Waals surface area contributed by atoms with Gasteiger partial charge in [0.15, 0.2) is 0 Å². The summed E-state index contributed by atoms with van der Waals surface area (Å²) in [6, 6.07) is -0.716. The Morgan fingerprint density at radius 3 is 1.60 bits per heavy atom. The van der Waals surface area contributed by atoms with Gasteiger partial charge in [-0.05, 0) is 63.3 Å². The van der Waals surface area contributed by atoms with E-state index in [4.69, 9.17) is 16.6 Å². The maximum Gasteiger partial charge on any atom is 0.320 e. The normalized spacial score (nSPS) is 12.4. The zero-order chi connectivity index (χ0) is 19.6. The van der Waals surface area contributed by atoms with Crippen LogP contribution < -0.4 is 11.5 Å². The molecule has 0 heterocycles. The SMILES string of the molecule is CCCC[P](CC)(CCCC)CCCC.NCCCCC(N)C(=O)O. The molecule has 1 atom stereocenters. The average Bonchev–Trinajstić information content (AvgIpc) is 2.62. The monoisotopic (exact) mass is 377 g/mol. The molecule has 0 aliphatic rings. The van der Waals surface area contributed by atoms with Gasteiger partial charge in [-0.3, -0.25) is 4.79 Å². The number of carboxylic acids is 1. The zero-order valence-electron chi connectivity index (χ0n) is 17.4. The number of rotatable bonds is 15. The number of nitrogens with two attached hydrogens (primary N) is 2. The topological polar surface area (TPSA) is 89.3 Å². The number of carboxylic acid groups (broad SMARTS) is 1. The van der Waals surface area contributed by atoms with Crippen molar-refractivity contribution in [3.05, 3.63) is 0 Å². The van der Waals surface area contributed by atoms with Gasteiger partial charge in [-0.2, -0.15) is 0 Å². The molecule has 0 aliphatic carbocycles. The molecule has 0 rings (SSSR count). The lowest BCUT2D eigenvalue weighted by molar-refractivity contribution is -0.138. The summed E-state index contributed by atoms with van der Waals surface area (Å²) in [5.41, 5.74) is 10.4. The van der Waals surface area contributed by atoms with Crippen LogP contribution in [0.2, 0.25) is 0 Å². The van der Waals surface area contributed by atoms with Gasteiger partial charge in [0, 0.05) is 0 Å². The largest absolute Gasteiger partial charge is 0.480 e. The van der Waals surface area contributed by atoms with Crippen molar-refractivity contribution in [1.82, 2.24) is 0 Å². The highest BCUT2D eigenvalue weighted by atomic mass is 31.2. The van der Waals surface area contributed by atoms with E-state index >= 15 is 0 Å². The van der Waals surface area contributed by atoms with Crippen molar-refractivity contribution in [3.63, 3.8) is 0 Å². The van der Waals surface area contributed by atoms with Crippen LogP contribution in [0.4, 0.5) is 0 Å². The summed E-state index contributed by atoms with van der Waals surface area (Å²) in [4.78, 5) is 10.1. The van der Waals surface area contributed by atoms with Crippen LogP contribution in [0.5, 0.6) is 0 Å². The lowest BCUT2D eigenvalue weighted by atomic mass is 10.1. The van der Waals surface area contributed by atoms with Crippen LogP contribution in [-0.4, -0.2) is 48.3 Å². The highest BCUT2D eigenvalue weighted by Gasteiger charge is 2.23. The first-order valence-electron chi connectivity index (χ1n) is 10.5. The molecule has 0 aromatic carbocycles. The number of unbranched alkanes of at least 4 members (excludes halogenated alkanes) is 4. The Morgan fingerprint density at radius 2 is 1.32 bits per heavy atom. The summed E-state index contributed by atoms with van der Waals surface area (Å²) in [7, 11) is -0.527. The summed E-state index contributed by atoms with van der Waals surface area (Å²) in [5.74, 6) is -0.933. The van der Waals surface area contributed by atoms with Crippen LogP contribution in [0.3, 0.4) is 0 Å². The van der Waals surface area contributed by atoms with Crippen LogP contribution in [0.25, 0.3) is 0 Å². The molecule has 0 saturated heterocycles. The van der Waals surface area contributed by atoms with Crippen LogP contribution in [0.1, 0.15) is 85.5 Å². The van der Waals surface area contributed by atoms with Crippen molar-refractivity contribution in [2.24, 2.45) is 11.5 Å². The zero-order valence-corrected chi connectivity index (χ0v) is 18.3. The second kappa shape index (κ2) is 18.6. The molecule has 5 N–H and O–H groups in total. The van der Waals surface area contributed by atoms with Gasteiger partial charge in [-0.15, -0.1) is 7.26 Å². The van der Waals surface area contributed by atoms with Crippen LogP contribution >= 0.6 is 7.26 Å². The standard InChI is InChI=1S/C14H32P.C6H14N2O2/c1-5-9-12-15(8-4,13-10-6-2)14-11-7-3;7-4-2-1-3-5(8)6(9)10/h5-14H2,1-4H3;5H,1-4,7-8H2,(H,9,10). The molecular weight excluding hydrogens is 331 g/mol. The van der Waals surface area contributed by atoms with Crippen molar-refractivity contribution in [2.75, 3.05) is 31.2 Å². The Kier molecular flexibility index (Phi) is 20.1. The van der Waals surface area contributed by atoms with Crippen LogP contribution in [0, 0.1) is 0 Å². The Bertz CT molecular complexity index is 280. The van der Waals surface area contributed by atoms with Crippen LogP contribution in [-0.2, 0) is 4.79 Å². The van der Waals surface area contributed by atoms with E-state index < -0.39 is 19.3 Å². The number of hydrogen-bond donors (Lipinski definition) is 3. The molecule has 25 heavy (non-hydrogen) atoms. The lowest BCUT2D eigenvalue weighted by Gasteiger charge is -2.36. The Labute approximate surface area is 157 Å². The maximum atomic E-state index is 10.1. The first-order valence-corrected chi connectivity index (χ1v) is 13.0. The summed E-state index contributed by atoms with van der Waals surface area (Å²) in [6.07, 6.45) is 17.0. The predicted octanol–water partition coefficient (Wildman–Crippen LogP) is 4.95. The van der Waals surface area contributed by atoms with Crippen molar-refractivity contribution in [2.45, 2.75) is 91.5 Å². The lowest BCUT2D eigenvalue weighted by Crippen LogP contribution is -2.29. The second-order valence-electron chi connectivity index (χ2n) is 7.12. The third-order valence-electron chi connectivity index (χ3n) is 4.92. The number of aliphatic carboxylic acids is 1. The molecule has 0 aliphatic heterocycles. The molecule has 0 saturated carbocycles. The van der Waals surface area contributed by atoms with Gasteiger partial charge in [0.25, 0.3) is 0 Å². The minimum atomic E-state index is -0.933. The fourth-order valence-corrected chi connectivity index (χ4v) is 7.50. The maximum absolute atomic E-state index is 10.1. The smallest absolute Gasteiger partial charge is 0.320 e. The fraction of sp³-hybridized carbons (Fsp3) is 0.950. The highest BCUT2D eigenvalue weighted by Crippen LogP contribution is 2.60. The molecule has 0 amide bonds. The van der Waals surface area contributed by atoms with Crippen molar-refractivity contribution in [3.8, 4) is 0 Å². The molecule has 153 valence electrons. The minimum Gasteiger partial charge on any atom is -0.480 e. The molecule has 0 aromatic heterocycles. The molecule has 4 nitrogen and oxygen atoms in total. The van der Waals surface area contributed by atoms with Crippen molar-refractivity contribution >= 4 is 13.2 Å². The molecule has 5 heteroatoms. The molecule has 0 bridgehead atoms. The van der Waals surface area contributed by atoms with E-state index in [0.717, 1.165) is 12.8 Å². The van der Waals surface area contributed by atoms with Gasteiger partial charge in [0.2, 0.25) is 0 Å². The molecule has 0 fully saturated rings. The van der Waals surface area contributed by atoms with Gasteiger partial charge in [0.05, 0.1) is 0 Å². The Hall–Kier alpha value is -0.180. The van der Waals surface area contributed by atoms with Gasteiger partial charge in [0.1, 0.15) is 6.04 Å². The van der Waals surface area contributed by atoms with E-state index in [2.05, 4.69) is 27.7 Å². The molecule has 1 unspecified atom stereocenters. The van der Waals surface area contributed by atoms with Crippen LogP contribution in [0.15, 0.2) is 0 Å². The number of hydrogen-bond acceptors (Lipinski definition) is 3. The summed E-state index contributed by atoms with van der Waals surface area (Å²) in [5, 5.41) is 8.33. The van der Waals surface area contributed by atoms with E-state index in [9.17, 15) is 4.79 Å². The minimum absolute atomic E-state index is 0.520. The quantitative estimate of drug-likeness (QED) is 0.278. The van der Waals surface area contributed by atoms with Gasteiger partial charge in [-0.1, -0.05) is 53.4 Å². The Morgan fingerprint density at radius 1 is 0.880 bits per heavy atom. The fourth-order valence-electron chi connectivity index (χ4n) is 2.92.